The van der Waals surface area contributed by atoms with Crippen molar-refractivity contribution in [2.24, 2.45) is 0 Å². The number of nitrogens with one attached hydrogen (secondary N) is 1. The van der Waals surface area contributed by atoms with Gasteiger partial charge in [0.2, 0.25) is 0 Å². The molecular weight excluding hydrogens is 321 g/mol. The minimum absolute atomic E-state index is 0.0874. The molecule has 0 unspecified atom stereocenters. The highest BCUT2D eigenvalue weighted by Crippen LogP contribution is 2.29. The fourth-order valence-electron chi connectivity index (χ4n) is 3.21. The third-order valence-electron chi connectivity index (χ3n) is 4.59. The van der Waals surface area contributed by atoms with Crippen LogP contribution in [0, 0.1) is 0 Å². The van der Waals surface area contributed by atoms with Crippen LogP contribution in [0.1, 0.15) is 43.8 Å². The number of carbonyl (C=O) groups excluding carboxylic acids is 1. The van der Waals surface area contributed by atoms with Crippen LogP contribution in [0.25, 0.3) is 0 Å². The maximum Gasteiger partial charge on any atom is 0.435 e. The van der Waals surface area contributed by atoms with Crippen molar-refractivity contribution < 1.29 is 18.0 Å². The van der Waals surface area contributed by atoms with E-state index in [0.717, 1.165) is 25.3 Å². The number of hydrogen-bond acceptors (Lipinski definition) is 2. The smallest absolute Gasteiger partial charge is 0.332 e. The average Bonchev–Trinajstić information content (AvgIpc) is 3.06. The number of allylic oxidation sites excluding steroid dienone is 1. The Morgan fingerprint density at radius 2 is 2.00 bits per heavy atom. The first-order valence-electron chi connectivity index (χ1n) is 8.28. The van der Waals surface area contributed by atoms with Crippen LogP contribution in [-0.4, -0.2) is 39.8 Å². The normalized spacial score (nSPS) is 22.6. The Bertz CT molecular complexity index is 603. The molecule has 1 aliphatic heterocycles. The molecule has 1 aromatic heterocycles. The number of rotatable bonds is 2. The van der Waals surface area contributed by atoms with Crippen LogP contribution in [0.5, 0.6) is 0 Å². The summed E-state index contributed by atoms with van der Waals surface area (Å²) in [4.78, 5) is 14.0. The molecule has 8 heteroatoms. The molecular formula is C16H21F3N4O. The first-order valence-corrected chi connectivity index (χ1v) is 8.28. The van der Waals surface area contributed by atoms with Gasteiger partial charge >= 0.3 is 12.2 Å². The molecule has 0 saturated carbocycles. The largest absolute Gasteiger partial charge is 0.435 e. The topological polar surface area (TPSA) is 50.2 Å². The second-order valence-electron chi connectivity index (χ2n) is 6.31. The van der Waals surface area contributed by atoms with Gasteiger partial charge in [-0.05, 0) is 38.2 Å². The van der Waals surface area contributed by atoms with E-state index in [-0.39, 0.29) is 18.1 Å². The monoisotopic (exact) mass is 342 g/mol. The lowest BCUT2D eigenvalue weighted by molar-refractivity contribution is -0.141. The molecule has 5 nitrogen and oxygen atoms in total. The van der Waals surface area contributed by atoms with Crippen LogP contribution in [0.2, 0.25) is 0 Å². The first kappa shape index (κ1) is 16.9. The standard InChI is InChI=1S/C16H21F3N4O/c17-16(18,19)14-8-11-23(21-14)13-6-9-22(10-7-13)15(24)20-12-4-2-1-3-5-12/h2,4,8,11-13H,1,3,5-7,9-10H2,(H,20,24)/t12-/m0/s1. The lowest BCUT2D eigenvalue weighted by atomic mass is 10.0. The molecule has 1 fully saturated rings. The molecule has 3 rings (SSSR count). The number of aromatic nitrogens is 2. The van der Waals surface area contributed by atoms with Gasteiger partial charge < -0.3 is 10.2 Å². The van der Waals surface area contributed by atoms with E-state index in [9.17, 15) is 18.0 Å². The number of hydrogen-bond donors (Lipinski definition) is 1. The Morgan fingerprint density at radius 1 is 1.25 bits per heavy atom. The molecule has 24 heavy (non-hydrogen) atoms. The third kappa shape index (κ3) is 3.91. The third-order valence-corrected chi connectivity index (χ3v) is 4.59. The molecule has 1 saturated heterocycles. The van der Waals surface area contributed by atoms with Crippen molar-refractivity contribution in [1.29, 1.82) is 0 Å². The quantitative estimate of drug-likeness (QED) is 0.838. The lowest BCUT2D eigenvalue weighted by Crippen LogP contribution is -2.47. The van der Waals surface area contributed by atoms with Gasteiger partial charge in [0.05, 0.1) is 6.04 Å². The molecule has 2 heterocycles. The van der Waals surface area contributed by atoms with Gasteiger partial charge in [-0.1, -0.05) is 12.2 Å². The van der Waals surface area contributed by atoms with Crippen molar-refractivity contribution >= 4 is 6.03 Å². The fourth-order valence-corrected chi connectivity index (χ4v) is 3.21. The molecule has 1 atom stereocenters. The van der Waals surface area contributed by atoms with Crippen molar-refractivity contribution in [2.45, 2.75) is 50.4 Å². The molecule has 1 aliphatic carbocycles. The maximum atomic E-state index is 12.6. The Labute approximate surface area is 138 Å². The summed E-state index contributed by atoms with van der Waals surface area (Å²) in [5.74, 6) is 0. The minimum atomic E-state index is -4.42. The van der Waals surface area contributed by atoms with Gasteiger partial charge in [0.15, 0.2) is 5.69 Å². The van der Waals surface area contributed by atoms with E-state index in [1.807, 2.05) is 6.08 Å². The van der Waals surface area contributed by atoms with Crippen LogP contribution in [-0.2, 0) is 6.18 Å². The lowest BCUT2D eigenvalue weighted by Gasteiger charge is -2.33. The van der Waals surface area contributed by atoms with Gasteiger partial charge in [0, 0.05) is 25.3 Å². The SMILES string of the molecule is O=C(N[C@H]1C=CCCC1)N1CCC(n2ccc(C(F)(F)F)n2)CC1. The molecule has 0 radical (unpaired) electrons. The van der Waals surface area contributed by atoms with E-state index in [0.29, 0.717) is 25.9 Å². The number of alkyl halides is 3. The van der Waals surface area contributed by atoms with Crippen LogP contribution in [0.3, 0.4) is 0 Å². The van der Waals surface area contributed by atoms with Crippen LogP contribution < -0.4 is 5.32 Å². The molecule has 0 bridgehead atoms. The molecule has 1 N–H and O–H groups in total. The number of amides is 2. The van der Waals surface area contributed by atoms with E-state index < -0.39 is 11.9 Å². The Hall–Kier alpha value is -1.99. The summed E-state index contributed by atoms with van der Waals surface area (Å²) in [5, 5.41) is 6.63. The van der Waals surface area contributed by atoms with Gasteiger partial charge in [-0.25, -0.2) is 4.79 Å². The van der Waals surface area contributed by atoms with Crippen molar-refractivity contribution in [2.75, 3.05) is 13.1 Å². The number of carbonyl (C=O) groups is 1. The summed E-state index contributed by atoms with van der Waals surface area (Å²) >= 11 is 0. The number of piperidine rings is 1. The number of nitrogens with zero attached hydrogens (tertiary/aromatic N) is 3. The highest BCUT2D eigenvalue weighted by atomic mass is 19.4. The fraction of sp³-hybridized carbons (Fsp3) is 0.625. The zero-order chi connectivity index (χ0) is 17.2. The molecule has 2 amide bonds. The summed E-state index contributed by atoms with van der Waals surface area (Å²) in [6, 6.07) is 0.889. The summed E-state index contributed by atoms with van der Waals surface area (Å²) in [6.45, 7) is 1.04. The predicted octanol–water partition coefficient (Wildman–Crippen LogP) is 3.36. The van der Waals surface area contributed by atoms with Crippen LogP contribution in [0.15, 0.2) is 24.4 Å². The number of likely N-dealkylation sites (tertiary alicyclic amines) is 1. The predicted molar refractivity (Wildman–Crippen MR) is 82.4 cm³/mol. The van der Waals surface area contributed by atoms with E-state index in [1.165, 1.54) is 10.9 Å². The summed E-state index contributed by atoms with van der Waals surface area (Å²) in [5.41, 5.74) is -0.869. The highest BCUT2D eigenvalue weighted by Gasteiger charge is 2.34. The molecule has 1 aromatic rings. The second kappa shape index (κ2) is 6.86. The molecule has 2 aliphatic rings. The molecule has 132 valence electrons. The van der Waals surface area contributed by atoms with Gasteiger partial charge in [-0.2, -0.15) is 18.3 Å². The average molecular weight is 342 g/mol. The van der Waals surface area contributed by atoms with E-state index in [1.54, 1.807) is 4.90 Å². The van der Waals surface area contributed by atoms with E-state index >= 15 is 0 Å². The van der Waals surface area contributed by atoms with Crippen LogP contribution >= 0.6 is 0 Å². The molecule has 0 spiro atoms. The minimum Gasteiger partial charge on any atom is -0.332 e. The Kier molecular flexibility index (Phi) is 4.82. The highest BCUT2D eigenvalue weighted by molar-refractivity contribution is 5.74. The summed E-state index contributed by atoms with van der Waals surface area (Å²) < 4.78 is 39.2. The van der Waals surface area contributed by atoms with Crippen molar-refractivity contribution in [3.05, 3.63) is 30.1 Å². The zero-order valence-corrected chi connectivity index (χ0v) is 13.3. The maximum absolute atomic E-state index is 12.6. The van der Waals surface area contributed by atoms with Gasteiger partial charge in [-0.15, -0.1) is 0 Å². The summed E-state index contributed by atoms with van der Waals surface area (Å²) in [6.07, 6.45) is 5.35. The van der Waals surface area contributed by atoms with Crippen LogP contribution in [0.4, 0.5) is 18.0 Å². The van der Waals surface area contributed by atoms with Crippen molar-refractivity contribution in [3.8, 4) is 0 Å². The number of urea groups is 1. The second-order valence-corrected chi connectivity index (χ2v) is 6.31. The summed E-state index contributed by atoms with van der Waals surface area (Å²) in [7, 11) is 0. The number of halogens is 3. The Balaban J connectivity index is 1.52. The van der Waals surface area contributed by atoms with Gasteiger partial charge in [0.1, 0.15) is 0 Å². The van der Waals surface area contributed by atoms with Gasteiger partial charge in [0.25, 0.3) is 0 Å². The van der Waals surface area contributed by atoms with Crippen molar-refractivity contribution in [1.82, 2.24) is 20.0 Å². The van der Waals surface area contributed by atoms with E-state index in [2.05, 4.69) is 16.5 Å². The first-order chi connectivity index (χ1) is 11.4. The zero-order valence-electron chi connectivity index (χ0n) is 13.3. The van der Waals surface area contributed by atoms with Crippen molar-refractivity contribution in [3.63, 3.8) is 0 Å². The molecule has 0 aromatic carbocycles. The Morgan fingerprint density at radius 3 is 2.58 bits per heavy atom. The van der Waals surface area contributed by atoms with Gasteiger partial charge in [-0.3, -0.25) is 4.68 Å². The van der Waals surface area contributed by atoms with E-state index in [4.69, 9.17) is 0 Å².